The van der Waals surface area contributed by atoms with Crippen LogP contribution in [0.25, 0.3) is 0 Å². The van der Waals surface area contributed by atoms with Gasteiger partial charge in [0, 0.05) is 6.92 Å². The maximum absolute atomic E-state index is 13.4. The lowest BCUT2D eigenvalue weighted by Crippen LogP contribution is -2.56. The lowest BCUT2D eigenvalue weighted by molar-refractivity contribution is -0.905. The molecule has 0 heterocycles. The second-order valence-corrected chi connectivity index (χ2v) is 8.02. The van der Waals surface area contributed by atoms with E-state index in [1.54, 1.807) is 0 Å². The predicted molar refractivity (Wildman–Crippen MR) is 112 cm³/mol. The van der Waals surface area contributed by atoms with Gasteiger partial charge < -0.3 is 24.4 Å². The van der Waals surface area contributed by atoms with Crippen LogP contribution in [0.4, 0.5) is 0 Å². The number of hydroxylamine groups is 6. The number of carbonyl (C=O) groups is 1. The third kappa shape index (κ3) is 12.4. The minimum absolute atomic E-state index is 0.195. The predicted octanol–water partition coefficient (Wildman–Crippen LogP) is 4.75. The second kappa shape index (κ2) is 14.3. The summed E-state index contributed by atoms with van der Waals surface area (Å²) in [5, 5.41) is 26.7. The van der Waals surface area contributed by atoms with Crippen LogP contribution in [0.5, 0.6) is 0 Å². The Morgan fingerprint density at radius 3 is 1.26 bits per heavy atom. The van der Waals surface area contributed by atoms with E-state index in [9.17, 15) is 15.2 Å². The second-order valence-electron chi connectivity index (χ2n) is 8.02. The van der Waals surface area contributed by atoms with Gasteiger partial charge in [-0.25, -0.2) is 0 Å². The number of ether oxygens (including phenoxy) is 1. The number of esters is 1. The average Bonchev–Trinajstić information content (AvgIpc) is 2.61. The van der Waals surface area contributed by atoms with Crippen LogP contribution in [-0.4, -0.2) is 60.6 Å². The van der Waals surface area contributed by atoms with Gasteiger partial charge in [0.15, 0.2) is 6.10 Å². The maximum Gasteiger partial charge on any atom is 0.303 e. The highest BCUT2D eigenvalue weighted by Gasteiger charge is 2.31. The number of quaternary nitrogens is 2. The van der Waals surface area contributed by atoms with Gasteiger partial charge in [-0.2, -0.15) is 0 Å². The molecule has 27 heavy (non-hydrogen) atoms. The lowest BCUT2D eigenvalue weighted by atomic mass is 10.2. The van der Waals surface area contributed by atoms with E-state index in [4.69, 9.17) is 4.74 Å². The fourth-order valence-corrected chi connectivity index (χ4v) is 3.48. The van der Waals surface area contributed by atoms with Crippen LogP contribution in [0.2, 0.25) is 0 Å². The first-order chi connectivity index (χ1) is 12.7. The molecule has 6 nitrogen and oxygen atoms in total. The Hall–Kier alpha value is -0.690. The van der Waals surface area contributed by atoms with E-state index in [-0.39, 0.29) is 22.4 Å². The van der Waals surface area contributed by atoms with Gasteiger partial charge in [0.05, 0.1) is 26.2 Å². The summed E-state index contributed by atoms with van der Waals surface area (Å²) >= 11 is 0. The Morgan fingerprint density at radius 2 is 1.04 bits per heavy atom. The molecule has 0 spiro atoms. The van der Waals surface area contributed by atoms with Crippen LogP contribution in [-0.2, 0) is 9.53 Å². The van der Waals surface area contributed by atoms with E-state index in [2.05, 4.69) is 27.7 Å². The first-order valence-electron chi connectivity index (χ1n) is 11.1. The zero-order valence-corrected chi connectivity index (χ0v) is 18.5. The smallest absolute Gasteiger partial charge is 0.303 e. The standard InChI is InChI=1S/C21H44N2O4/c1-6-10-14-22(25,15-11-7-2)18-21(27-20(5)24)19-23(26,16-12-8-3)17-13-9-4/h21H,6-19H2,1-5H3. The van der Waals surface area contributed by atoms with Crippen molar-refractivity contribution in [1.29, 1.82) is 0 Å². The normalized spacial score (nSPS) is 12.6. The fourth-order valence-electron chi connectivity index (χ4n) is 3.48. The van der Waals surface area contributed by atoms with Gasteiger partial charge >= 0.3 is 5.97 Å². The molecule has 0 aromatic rings. The molecule has 6 heteroatoms. The third-order valence-electron chi connectivity index (χ3n) is 5.08. The summed E-state index contributed by atoms with van der Waals surface area (Å²) in [5.74, 6) is -0.407. The molecule has 162 valence electrons. The molecule has 0 aliphatic rings. The topological polar surface area (TPSA) is 72.4 Å². The average molecular weight is 389 g/mol. The van der Waals surface area contributed by atoms with Crippen molar-refractivity contribution >= 4 is 5.97 Å². The third-order valence-corrected chi connectivity index (χ3v) is 5.08. The minimum Gasteiger partial charge on any atom is -0.633 e. The molecule has 0 unspecified atom stereocenters. The summed E-state index contributed by atoms with van der Waals surface area (Å²) in [6.45, 7) is 12.1. The molecule has 0 rings (SSSR count). The Morgan fingerprint density at radius 1 is 0.741 bits per heavy atom. The zero-order chi connectivity index (χ0) is 20.8. The highest BCUT2D eigenvalue weighted by atomic mass is 16.6. The van der Waals surface area contributed by atoms with Gasteiger partial charge in [-0.1, -0.05) is 53.4 Å². The number of rotatable bonds is 17. The maximum atomic E-state index is 13.4. The number of unbranched alkanes of at least 4 members (excludes halogenated alkanes) is 4. The van der Waals surface area contributed by atoms with Gasteiger partial charge in [-0.15, -0.1) is 0 Å². The Labute approximate surface area is 167 Å². The monoisotopic (exact) mass is 388 g/mol. The molecule has 0 saturated heterocycles. The lowest BCUT2D eigenvalue weighted by Gasteiger charge is -2.48. The summed E-state index contributed by atoms with van der Waals surface area (Å²) in [6.07, 6.45) is 6.63. The highest BCUT2D eigenvalue weighted by Crippen LogP contribution is 2.18. The summed E-state index contributed by atoms with van der Waals surface area (Å²) in [6, 6.07) is 0. The number of hydrogen-bond donors (Lipinski definition) is 0. The van der Waals surface area contributed by atoms with E-state index >= 15 is 0 Å². The van der Waals surface area contributed by atoms with E-state index < -0.39 is 12.1 Å². The number of nitrogens with zero attached hydrogens (tertiary/aromatic N) is 2. The summed E-state index contributed by atoms with van der Waals surface area (Å²) in [5.41, 5.74) is 0. The van der Waals surface area contributed by atoms with Crippen LogP contribution < -0.4 is 0 Å². The fraction of sp³-hybridized carbons (Fsp3) is 0.952. The van der Waals surface area contributed by atoms with Gasteiger partial charge in [-0.3, -0.25) is 4.79 Å². The van der Waals surface area contributed by atoms with E-state index in [1.165, 1.54) is 6.92 Å². The quantitative estimate of drug-likeness (QED) is 0.205. The highest BCUT2D eigenvalue weighted by molar-refractivity contribution is 5.66. The molecular formula is C21H44N2O4. The van der Waals surface area contributed by atoms with Crippen molar-refractivity contribution in [3.8, 4) is 0 Å². The molecule has 0 atom stereocenters. The molecule has 0 aromatic heterocycles. The SMILES string of the molecule is CCCC[N+]([O-])(CCCC)CC(C[N+]([O-])(CCCC)CCCC)OC(C)=O. The van der Waals surface area contributed by atoms with Gasteiger partial charge in [-0.05, 0) is 25.7 Å². The Bertz CT molecular complexity index is 346. The molecule has 0 bridgehead atoms. The largest absolute Gasteiger partial charge is 0.633 e. The van der Waals surface area contributed by atoms with Crippen LogP contribution >= 0.6 is 0 Å². The van der Waals surface area contributed by atoms with Crippen molar-refractivity contribution in [2.45, 2.75) is 92.1 Å². The molecular weight excluding hydrogens is 344 g/mol. The van der Waals surface area contributed by atoms with Gasteiger partial charge in [0.2, 0.25) is 0 Å². The zero-order valence-electron chi connectivity index (χ0n) is 18.5. The number of carbonyl (C=O) groups excluding carboxylic acids is 1. The van der Waals surface area contributed by atoms with Crippen molar-refractivity contribution in [2.24, 2.45) is 0 Å². The van der Waals surface area contributed by atoms with Crippen molar-refractivity contribution in [2.75, 3.05) is 39.3 Å². The van der Waals surface area contributed by atoms with Crippen molar-refractivity contribution < 1.29 is 18.8 Å². The molecule has 0 aliphatic heterocycles. The van der Waals surface area contributed by atoms with Crippen LogP contribution in [0.3, 0.4) is 0 Å². The molecule has 0 N–H and O–H groups in total. The Balaban J connectivity index is 5.29. The van der Waals surface area contributed by atoms with Crippen molar-refractivity contribution in [1.82, 2.24) is 0 Å². The summed E-state index contributed by atoms with van der Waals surface area (Å²) in [4.78, 5) is 11.6. The molecule has 0 aliphatic carbocycles. The summed E-state index contributed by atoms with van der Waals surface area (Å²) in [7, 11) is 0. The first kappa shape index (κ1) is 26.3. The van der Waals surface area contributed by atoms with E-state index in [0.29, 0.717) is 26.2 Å². The minimum atomic E-state index is -0.611. The van der Waals surface area contributed by atoms with Gasteiger partial charge in [0.25, 0.3) is 0 Å². The number of hydrogen-bond acceptors (Lipinski definition) is 4. The van der Waals surface area contributed by atoms with Crippen molar-refractivity contribution in [3.05, 3.63) is 10.4 Å². The van der Waals surface area contributed by atoms with Crippen LogP contribution in [0, 0.1) is 10.4 Å². The summed E-state index contributed by atoms with van der Waals surface area (Å²) < 4.78 is 4.77. The first-order valence-corrected chi connectivity index (χ1v) is 11.1. The van der Waals surface area contributed by atoms with E-state index in [0.717, 1.165) is 51.4 Å². The van der Waals surface area contributed by atoms with Crippen LogP contribution in [0.15, 0.2) is 0 Å². The molecule has 0 amide bonds. The molecule has 0 fully saturated rings. The Kier molecular flexibility index (Phi) is 14.0. The van der Waals surface area contributed by atoms with Crippen molar-refractivity contribution in [3.63, 3.8) is 0 Å². The van der Waals surface area contributed by atoms with Crippen LogP contribution in [0.1, 0.15) is 86.0 Å². The molecule has 0 aromatic carbocycles. The van der Waals surface area contributed by atoms with Gasteiger partial charge in [0.1, 0.15) is 13.1 Å². The van der Waals surface area contributed by atoms with E-state index in [1.807, 2.05) is 0 Å². The molecule has 0 saturated carbocycles. The molecule has 0 radical (unpaired) electrons.